The van der Waals surface area contributed by atoms with Gasteiger partial charge in [-0.3, -0.25) is 9.58 Å². The van der Waals surface area contributed by atoms with Crippen LogP contribution >= 0.6 is 0 Å². The Balaban J connectivity index is 1.73. The largest absolute Gasteiger partial charge is 0.468 e. The number of furan rings is 1. The summed E-state index contributed by atoms with van der Waals surface area (Å²) in [5, 5.41) is 3.92. The van der Waals surface area contributed by atoms with E-state index in [1.807, 2.05) is 12.1 Å². The molecule has 0 amide bonds. The molecule has 2 aromatic rings. The van der Waals surface area contributed by atoms with Gasteiger partial charge < -0.3 is 4.42 Å². The Labute approximate surface area is 136 Å². The first-order chi connectivity index (χ1) is 11.1. The number of sulfonamides is 1. The van der Waals surface area contributed by atoms with Crippen LogP contribution in [0.3, 0.4) is 0 Å². The third-order valence-corrected chi connectivity index (χ3v) is 5.54. The number of aryl methyl sites for hydroxylation is 1. The van der Waals surface area contributed by atoms with Gasteiger partial charge in [0, 0.05) is 19.8 Å². The molecule has 1 unspecified atom stereocenters. The van der Waals surface area contributed by atoms with E-state index in [-0.39, 0.29) is 17.5 Å². The molecule has 1 saturated heterocycles. The normalized spacial score (nSPS) is 18.1. The number of nitrogens with zero attached hydrogens (tertiary/aromatic N) is 3. The lowest BCUT2D eigenvalue weighted by Crippen LogP contribution is -2.40. The van der Waals surface area contributed by atoms with Gasteiger partial charge in [0.15, 0.2) is 0 Å². The highest BCUT2D eigenvalue weighted by Crippen LogP contribution is 2.25. The Kier molecular flexibility index (Phi) is 4.84. The molecule has 23 heavy (non-hydrogen) atoms. The van der Waals surface area contributed by atoms with E-state index < -0.39 is 10.0 Å². The van der Waals surface area contributed by atoms with Gasteiger partial charge in [0.05, 0.1) is 18.5 Å². The average molecular weight is 338 g/mol. The minimum atomic E-state index is -3.57. The molecule has 2 aromatic heterocycles. The predicted octanol–water partition coefficient (Wildman–Crippen LogP) is 1.52. The van der Waals surface area contributed by atoms with Gasteiger partial charge in [-0.1, -0.05) is 6.42 Å². The van der Waals surface area contributed by atoms with Crippen LogP contribution in [0.15, 0.2) is 40.1 Å². The molecule has 0 bridgehead atoms. The Morgan fingerprint density at radius 3 is 2.74 bits per heavy atom. The van der Waals surface area contributed by atoms with Crippen molar-refractivity contribution in [1.82, 2.24) is 19.4 Å². The summed E-state index contributed by atoms with van der Waals surface area (Å²) in [6, 6.07) is 3.65. The fourth-order valence-electron chi connectivity index (χ4n) is 2.93. The lowest BCUT2D eigenvalue weighted by Gasteiger charge is -2.33. The third-order valence-electron chi connectivity index (χ3n) is 4.16. The van der Waals surface area contributed by atoms with Gasteiger partial charge >= 0.3 is 0 Å². The summed E-state index contributed by atoms with van der Waals surface area (Å²) in [6.07, 6.45) is 7.96. The zero-order valence-corrected chi connectivity index (χ0v) is 14.0. The number of hydrogen-bond acceptors (Lipinski definition) is 5. The maximum atomic E-state index is 12.4. The SMILES string of the molecule is Cn1cc(S(=O)(=O)NCC(c2ccco2)N2CCCCC2)cn1. The molecular formula is C15H22N4O3S. The van der Waals surface area contributed by atoms with E-state index >= 15 is 0 Å². The average Bonchev–Trinajstić information content (AvgIpc) is 3.20. The highest BCUT2D eigenvalue weighted by Gasteiger charge is 2.26. The first-order valence-corrected chi connectivity index (χ1v) is 9.30. The standard InChI is InChI=1S/C15H22N4O3S/c1-18-12-13(10-16-18)23(20,21)17-11-14(15-6-5-9-22-15)19-7-3-2-4-8-19/h5-6,9-10,12,14,17H,2-4,7-8,11H2,1H3. The van der Waals surface area contributed by atoms with Crippen molar-refractivity contribution in [3.63, 3.8) is 0 Å². The van der Waals surface area contributed by atoms with Crippen LogP contribution in [-0.4, -0.2) is 42.7 Å². The van der Waals surface area contributed by atoms with Crippen LogP contribution in [0.4, 0.5) is 0 Å². The monoisotopic (exact) mass is 338 g/mol. The van der Waals surface area contributed by atoms with Crippen molar-refractivity contribution < 1.29 is 12.8 Å². The Morgan fingerprint density at radius 2 is 2.13 bits per heavy atom. The molecule has 1 aliphatic rings. The maximum Gasteiger partial charge on any atom is 0.243 e. The Bertz CT molecular complexity index is 718. The van der Waals surface area contributed by atoms with Gasteiger partial charge in [-0.2, -0.15) is 5.10 Å². The van der Waals surface area contributed by atoms with Crippen molar-refractivity contribution in [2.24, 2.45) is 7.05 Å². The van der Waals surface area contributed by atoms with Crippen molar-refractivity contribution in [2.45, 2.75) is 30.2 Å². The van der Waals surface area contributed by atoms with E-state index in [1.165, 1.54) is 23.5 Å². The molecule has 126 valence electrons. The minimum Gasteiger partial charge on any atom is -0.468 e. The molecule has 1 atom stereocenters. The second-order valence-corrected chi connectivity index (χ2v) is 7.60. The lowest BCUT2D eigenvalue weighted by molar-refractivity contribution is 0.147. The number of rotatable bonds is 6. The van der Waals surface area contributed by atoms with Crippen LogP contribution < -0.4 is 4.72 Å². The summed E-state index contributed by atoms with van der Waals surface area (Å²) in [7, 11) is -1.87. The fraction of sp³-hybridized carbons (Fsp3) is 0.533. The van der Waals surface area contributed by atoms with E-state index in [1.54, 1.807) is 13.3 Å². The topological polar surface area (TPSA) is 80.4 Å². The molecule has 1 N–H and O–H groups in total. The van der Waals surface area contributed by atoms with Crippen LogP contribution in [-0.2, 0) is 17.1 Å². The minimum absolute atomic E-state index is 0.0863. The molecule has 0 spiro atoms. The van der Waals surface area contributed by atoms with Crippen molar-refractivity contribution in [3.05, 3.63) is 36.5 Å². The van der Waals surface area contributed by atoms with Crippen molar-refractivity contribution >= 4 is 10.0 Å². The van der Waals surface area contributed by atoms with Crippen LogP contribution in [0.25, 0.3) is 0 Å². The summed E-state index contributed by atoms with van der Waals surface area (Å²) in [5.41, 5.74) is 0. The van der Waals surface area contributed by atoms with E-state index in [9.17, 15) is 8.42 Å². The molecule has 1 fully saturated rings. The molecule has 0 aromatic carbocycles. The molecule has 0 saturated carbocycles. The van der Waals surface area contributed by atoms with E-state index in [2.05, 4.69) is 14.7 Å². The van der Waals surface area contributed by atoms with E-state index in [0.29, 0.717) is 0 Å². The van der Waals surface area contributed by atoms with Crippen LogP contribution in [0.1, 0.15) is 31.1 Å². The molecular weight excluding hydrogens is 316 g/mol. The molecule has 7 nitrogen and oxygen atoms in total. The number of piperidine rings is 1. The molecule has 3 heterocycles. The summed E-state index contributed by atoms with van der Waals surface area (Å²) in [6.45, 7) is 2.20. The number of likely N-dealkylation sites (tertiary alicyclic amines) is 1. The van der Waals surface area contributed by atoms with Gasteiger partial charge in [-0.25, -0.2) is 13.1 Å². The van der Waals surface area contributed by atoms with E-state index in [0.717, 1.165) is 31.7 Å². The maximum absolute atomic E-state index is 12.4. The summed E-state index contributed by atoms with van der Waals surface area (Å²) in [5.74, 6) is 0.792. The van der Waals surface area contributed by atoms with Crippen LogP contribution in [0, 0.1) is 0 Å². The Hall–Kier alpha value is -1.64. The van der Waals surface area contributed by atoms with Gasteiger partial charge in [-0.15, -0.1) is 0 Å². The predicted molar refractivity (Wildman–Crippen MR) is 85.3 cm³/mol. The summed E-state index contributed by atoms with van der Waals surface area (Å²) >= 11 is 0. The summed E-state index contributed by atoms with van der Waals surface area (Å²) < 4.78 is 34.5. The Morgan fingerprint density at radius 1 is 1.35 bits per heavy atom. The molecule has 8 heteroatoms. The third kappa shape index (κ3) is 3.82. The van der Waals surface area contributed by atoms with Crippen LogP contribution in [0.2, 0.25) is 0 Å². The molecule has 0 aliphatic carbocycles. The van der Waals surface area contributed by atoms with Crippen molar-refractivity contribution in [1.29, 1.82) is 0 Å². The number of aromatic nitrogens is 2. The smallest absolute Gasteiger partial charge is 0.243 e. The first-order valence-electron chi connectivity index (χ1n) is 7.82. The number of hydrogen-bond donors (Lipinski definition) is 1. The second kappa shape index (κ2) is 6.86. The van der Waals surface area contributed by atoms with Gasteiger partial charge in [0.2, 0.25) is 10.0 Å². The van der Waals surface area contributed by atoms with E-state index in [4.69, 9.17) is 4.42 Å². The van der Waals surface area contributed by atoms with Crippen LogP contribution in [0.5, 0.6) is 0 Å². The summed E-state index contributed by atoms with van der Waals surface area (Å²) in [4.78, 5) is 2.46. The second-order valence-electron chi connectivity index (χ2n) is 5.83. The molecule has 0 radical (unpaired) electrons. The van der Waals surface area contributed by atoms with Gasteiger partial charge in [0.25, 0.3) is 0 Å². The van der Waals surface area contributed by atoms with Gasteiger partial charge in [-0.05, 0) is 38.1 Å². The highest BCUT2D eigenvalue weighted by atomic mass is 32.2. The zero-order valence-electron chi connectivity index (χ0n) is 13.2. The first kappa shape index (κ1) is 16.2. The molecule has 3 rings (SSSR count). The fourth-order valence-corrected chi connectivity index (χ4v) is 3.95. The van der Waals surface area contributed by atoms with Gasteiger partial charge in [0.1, 0.15) is 10.7 Å². The van der Waals surface area contributed by atoms with Crippen molar-refractivity contribution in [3.8, 4) is 0 Å². The molecule has 1 aliphatic heterocycles. The zero-order chi connectivity index (χ0) is 16.3. The van der Waals surface area contributed by atoms with Crippen molar-refractivity contribution in [2.75, 3.05) is 19.6 Å². The quantitative estimate of drug-likeness (QED) is 0.864. The lowest BCUT2D eigenvalue weighted by atomic mass is 10.1. The number of nitrogens with one attached hydrogen (secondary N) is 1. The highest BCUT2D eigenvalue weighted by molar-refractivity contribution is 7.89.